The molecule has 1 heterocycles. The predicted molar refractivity (Wildman–Crippen MR) is 101 cm³/mol. The van der Waals surface area contributed by atoms with Crippen molar-refractivity contribution < 1.29 is 19.1 Å². The van der Waals surface area contributed by atoms with Crippen molar-refractivity contribution in [2.75, 3.05) is 19.5 Å². The molecule has 6 nitrogen and oxygen atoms in total. The van der Waals surface area contributed by atoms with E-state index in [1.54, 1.807) is 24.3 Å². The number of oxime groups is 1. The summed E-state index contributed by atoms with van der Waals surface area (Å²) >= 11 is 12.0. The van der Waals surface area contributed by atoms with E-state index < -0.39 is 6.10 Å². The molecule has 3 rings (SSSR count). The highest BCUT2D eigenvalue weighted by Crippen LogP contribution is 2.36. The Bertz CT molecular complexity index is 853. The number of halogens is 2. The van der Waals surface area contributed by atoms with Gasteiger partial charge in [-0.2, -0.15) is 0 Å². The number of carbonyl (C=O) groups is 1. The van der Waals surface area contributed by atoms with Crippen LogP contribution in [-0.4, -0.2) is 31.9 Å². The van der Waals surface area contributed by atoms with Gasteiger partial charge in [0.1, 0.15) is 11.5 Å². The van der Waals surface area contributed by atoms with Gasteiger partial charge in [-0.25, -0.2) is 0 Å². The Morgan fingerprint density at radius 2 is 1.85 bits per heavy atom. The summed E-state index contributed by atoms with van der Waals surface area (Å²) in [5, 5.41) is 7.78. The first kappa shape index (κ1) is 18.4. The summed E-state index contributed by atoms with van der Waals surface area (Å²) < 4.78 is 10.4. The number of anilines is 1. The number of methoxy groups -OCH3 is 2. The average molecular weight is 395 g/mol. The maximum atomic E-state index is 12.5. The molecule has 0 fully saturated rings. The van der Waals surface area contributed by atoms with Gasteiger partial charge in [0.2, 0.25) is 6.10 Å². The topological polar surface area (TPSA) is 69.2 Å². The maximum Gasteiger partial charge on any atom is 0.268 e. The maximum absolute atomic E-state index is 12.5. The fourth-order valence-corrected chi connectivity index (χ4v) is 2.86. The van der Waals surface area contributed by atoms with E-state index in [0.29, 0.717) is 39.4 Å². The van der Waals surface area contributed by atoms with Crippen LogP contribution in [0.15, 0.2) is 41.6 Å². The van der Waals surface area contributed by atoms with Gasteiger partial charge in [0, 0.05) is 23.6 Å². The predicted octanol–water partition coefficient (Wildman–Crippen LogP) is 4.14. The van der Waals surface area contributed by atoms with Crippen LogP contribution in [-0.2, 0) is 9.63 Å². The molecule has 1 amide bonds. The Morgan fingerprint density at radius 1 is 1.15 bits per heavy atom. The number of hydrogen-bond donors (Lipinski definition) is 1. The summed E-state index contributed by atoms with van der Waals surface area (Å²) in [5.41, 5.74) is 1.97. The van der Waals surface area contributed by atoms with Crippen LogP contribution < -0.4 is 14.8 Å². The number of ether oxygens (including phenoxy) is 2. The van der Waals surface area contributed by atoms with E-state index in [9.17, 15) is 4.79 Å². The number of carbonyl (C=O) groups excluding carboxylic acids is 1. The molecule has 1 atom stereocenters. The molecule has 0 aromatic heterocycles. The largest absolute Gasteiger partial charge is 0.495 e. The first-order chi connectivity index (χ1) is 12.5. The highest BCUT2D eigenvalue weighted by Gasteiger charge is 2.29. The van der Waals surface area contributed by atoms with Crippen LogP contribution in [0, 0.1) is 0 Å². The Morgan fingerprint density at radius 3 is 2.50 bits per heavy atom. The summed E-state index contributed by atoms with van der Waals surface area (Å²) in [4.78, 5) is 17.8. The Kier molecular flexibility index (Phi) is 5.54. The molecule has 0 bridgehead atoms. The SMILES string of the molecule is COc1cc(NC(=O)C2CC(c3ccc(Cl)cc3)=NO2)c(OC)cc1Cl. The minimum Gasteiger partial charge on any atom is -0.495 e. The smallest absolute Gasteiger partial charge is 0.268 e. The summed E-state index contributed by atoms with van der Waals surface area (Å²) in [7, 11) is 2.98. The van der Waals surface area contributed by atoms with Crippen LogP contribution >= 0.6 is 23.2 Å². The van der Waals surface area contributed by atoms with Crippen molar-refractivity contribution in [3.63, 3.8) is 0 Å². The molecule has 1 aliphatic rings. The van der Waals surface area contributed by atoms with Gasteiger partial charge >= 0.3 is 0 Å². The Balaban J connectivity index is 1.71. The van der Waals surface area contributed by atoms with Crippen LogP contribution in [0.25, 0.3) is 0 Å². The van der Waals surface area contributed by atoms with Crippen molar-refractivity contribution in [3.8, 4) is 11.5 Å². The van der Waals surface area contributed by atoms with E-state index in [4.69, 9.17) is 37.5 Å². The third kappa shape index (κ3) is 3.86. The fraction of sp³-hybridized carbons (Fsp3) is 0.222. The summed E-state index contributed by atoms with van der Waals surface area (Å²) in [5.74, 6) is 0.495. The van der Waals surface area contributed by atoms with Gasteiger partial charge < -0.3 is 19.6 Å². The van der Waals surface area contributed by atoms with Gasteiger partial charge in [-0.05, 0) is 17.7 Å². The van der Waals surface area contributed by atoms with Gasteiger partial charge in [-0.1, -0.05) is 40.5 Å². The zero-order valence-electron chi connectivity index (χ0n) is 14.1. The van der Waals surface area contributed by atoms with Gasteiger partial charge in [-0.15, -0.1) is 0 Å². The molecule has 0 saturated heterocycles. The third-order valence-electron chi connectivity index (χ3n) is 3.87. The average Bonchev–Trinajstić information content (AvgIpc) is 3.13. The van der Waals surface area contributed by atoms with Crippen LogP contribution in [0.5, 0.6) is 11.5 Å². The lowest BCUT2D eigenvalue weighted by Gasteiger charge is -2.14. The monoisotopic (exact) mass is 394 g/mol. The van der Waals surface area contributed by atoms with E-state index in [1.807, 2.05) is 12.1 Å². The fourth-order valence-electron chi connectivity index (χ4n) is 2.50. The lowest BCUT2D eigenvalue weighted by Crippen LogP contribution is -2.28. The van der Waals surface area contributed by atoms with Crippen molar-refractivity contribution in [1.29, 1.82) is 0 Å². The zero-order chi connectivity index (χ0) is 18.7. The van der Waals surface area contributed by atoms with Crippen LogP contribution in [0.4, 0.5) is 5.69 Å². The first-order valence-corrected chi connectivity index (χ1v) is 8.48. The van der Waals surface area contributed by atoms with Crippen LogP contribution in [0.3, 0.4) is 0 Å². The highest BCUT2D eigenvalue weighted by molar-refractivity contribution is 6.32. The van der Waals surface area contributed by atoms with Crippen LogP contribution in [0.2, 0.25) is 10.0 Å². The Hall–Kier alpha value is -2.44. The minimum atomic E-state index is -0.743. The zero-order valence-corrected chi connectivity index (χ0v) is 15.6. The first-order valence-electron chi connectivity index (χ1n) is 7.73. The van der Waals surface area contributed by atoms with E-state index in [2.05, 4.69) is 10.5 Å². The molecule has 136 valence electrons. The second-order valence-corrected chi connectivity index (χ2v) is 6.36. The quantitative estimate of drug-likeness (QED) is 0.826. The van der Waals surface area contributed by atoms with Crippen molar-refractivity contribution in [2.45, 2.75) is 12.5 Å². The molecular formula is C18H16Cl2N2O4. The lowest BCUT2D eigenvalue weighted by atomic mass is 10.0. The standard InChI is InChI=1S/C18H16Cl2N2O4/c1-24-15-9-14(16(25-2)7-12(15)20)21-18(23)17-8-13(22-26-17)10-3-5-11(19)6-4-10/h3-7,9,17H,8H2,1-2H3,(H,21,23). The van der Waals surface area contributed by atoms with Gasteiger partial charge in [0.15, 0.2) is 0 Å². The summed E-state index contributed by atoms with van der Waals surface area (Å²) in [6.45, 7) is 0. The minimum absolute atomic E-state index is 0.347. The van der Waals surface area contributed by atoms with Gasteiger partial charge in [0.25, 0.3) is 5.91 Å². The molecular weight excluding hydrogens is 379 g/mol. The molecule has 0 spiro atoms. The van der Waals surface area contributed by atoms with E-state index >= 15 is 0 Å². The van der Waals surface area contributed by atoms with E-state index in [-0.39, 0.29) is 5.91 Å². The molecule has 0 saturated carbocycles. The second kappa shape index (κ2) is 7.85. The van der Waals surface area contributed by atoms with Crippen molar-refractivity contribution in [3.05, 3.63) is 52.0 Å². The number of amides is 1. The molecule has 1 unspecified atom stereocenters. The number of nitrogens with zero attached hydrogens (tertiary/aromatic N) is 1. The molecule has 1 N–H and O–H groups in total. The van der Waals surface area contributed by atoms with Crippen molar-refractivity contribution in [2.24, 2.45) is 5.16 Å². The molecule has 2 aromatic rings. The summed E-state index contributed by atoms with van der Waals surface area (Å²) in [6.07, 6.45) is -0.396. The van der Waals surface area contributed by atoms with Gasteiger partial charge in [-0.3, -0.25) is 4.79 Å². The Labute approximate surface area is 160 Å². The molecule has 2 aromatic carbocycles. The third-order valence-corrected chi connectivity index (χ3v) is 4.42. The highest BCUT2D eigenvalue weighted by atomic mass is 35.5. The normalized spacial score (nSPS) is 15.8. The van der Waals surface area contributed by atoms with Gasteiger partial charge in [0.05, 0.1) is 30.6 Å². The van der Waals surface area contributed by atoms with Crippen molar-refractivity contribution >= 4 is 40.5 Å². The number of hydrogen-bond acceptors (Lipinski definition) is 5. The number of benzene rings is 2. The molecule has 8 heteroatoms. The van der Waals surface area contributed by atoms with Crippen molar-refractivity contribution in [1.82, 2.24) is 0 Å². The second-order valence-electron chi connectivity index (χ2n) is 5.52. The number of rotatable bonds is 5. The van der Waals surface area contributed by atoms with E-state index in [1.165, 1.54) is 14.2 Å². The lowest BCUT2D eigenvalue weighted by molar-refractivity contribution is -0.125. The van der Waals surface area contributed by atoms with E-state index in [0.717, 1.165) is 5.56 Å². The molecule has 26 heavy (non-hydrogen) atoms. The van der Waals surface area contributed by atoms with Crippen LogP contribution in [0.1, 0.15) is 12.0 Å². The molecule has 0 aliphatic carbocycles. The number of nitrogens with one attached hydrogen (secondary N) is 1. The molecule has 1 aliphatic heterocycles. The molecule has 0 radical (unpaired) electrons. The summed E-state index contributed by atoms with van der Waals surface area (Å²) in [6, 6.07) is 10.3.